The minimum Gasteiger partial charge on any atom is -0.416 e. The van der Waals surface area contributed by atoms with E-state index in [1.54, 1.807) is 0 Å². The first kappa shape index (κ1) is 8.09. The maximum atomic E-state index is 5.66. The molecule has 3 heteroatoms. The molecule has 0 aromatic heterocycles. The molecule has 10 heavy (non-hydrogen) atoms. The molecule has 1 heterocycles. The van der Waals surface area contributed by atoms with Crippen molar-refractivity contribution in [2.45, 2.75) is 39.6 Å². The maximum absolute atomic E-state index is 5.66. The molecule has 0 radical (unpaired) electrons. The van der Waals surface area contributed by atoms with Crippen molar-refractivity contribution in [3.63, 3.8) is 0 Å². The minimum atomic E-state index is -0.0648. The average molecular weight is 141 g/mol. The van der Waals surface area contributed by atoms with Crippen LogP contribution in [0.3, 0.4) is 0 Å². The fourth-order valence-electron chi connectivity index (χ4n) is 1.33. The van der Waals surface area contributed by atoms with Gasteiger partial charge >= 0.3 is 7.05 Å². The van der Waals surface area contributed by atoms with Gasteiger partial charge < -0.3 is 10.3 Å². The summed E-state index contributed by atoms with van der Waals surface area (Å²) in [6.45, 7) is 8.58. The van der Waals surface area contributed by atoms with Crippen molar-refractivity contribution in [3.8, 4) is 0 Å². The van der Waals surface area contributed by atoms with Crippen LogP contribution < -0.4 is 5.64 Å². The van der Waals surface area contributed by atoms with Gasteiger partial charge in [-0.25, -0.2) is 0 Å². The van der Waals surface area contributed by atoms with Gasteiger partial charge in [-0.1, -0.05) is 13.8 Å². The molecule has 1 fully saturated rings. The quantitative estimate of drug-likeness (QED) is 0.515. The summed E-state index contributed by atoms with van der Waals surface area (Å²) in [4.78, 5) is 0. The highest BCUT2D eigenvalue weighted by Gasteiger charge is 2.48. The van der Waals surface area contributed by atoms with Crippen LogP contribution in [0.25, 0.3) is 0 Å². The third-order valence-corrected chi connectivity index (χ3v) is 2.79. The molecule has 0 aromatic rings. The summed E-state index contributed by atoms with van der Waals surface area (Å²) < 4.78 is 5.54. The second-order valence-corrected chi connectivity index (χ2v) is 4.25. The van der Waals surface area contributed by atoms with Crippen LogP contribution in [0.15, 0.2) is 0 Å². The Morgan fingerprint density at radius 1 is 1.30 bits per heavy atom. The van der Waals surface area contributed by atoms with E-state index >= 15 is 0 Å². The minimum absolute atomic E-state index is 0.0631. The van der Waals surface area contributed by atoms with Gasteiger partial charge in [0.1, 0.15) is 0 Å². The first-order valence-electron chi connectivity index (χ1n) is 3.78. The molecule has 0 atom stereocenters. The van der Waals surface area contributed by atoms with Gasteiger partial charge in [0.15, 0.2) is 0 Å². The van der Waals surface area contributed by atoms with Crippen LogP contribution in [0.1, 0.15) is 27.7 Å². The van der Waals surface area contributed by atoms with Crippen LogP contribution in [0.4, 0.5) is 0 Å². The van der Waals surface area contributed by atoms with Crippen LogP contribution in [0.2, 0.25) is 6.32 Å². The Bertz CT molecular complexity index is 129. The van der Waals surface area contributed by atoms with E-state index in [9.17, 15) is 0 Å². The molecule has 58 valence electrons. The Labute approximate surface area is 63.3 Å². The predicted molar refractivity (Wildman–Crippen MR) is 43.7 cm³/mol. The largest absolute Gasteiger partial charge is 0.416 e. The van der Waals surface area contributed by atoms with E-state index in [0.29, 0.717) is 0 Å². The van der Waals surface area contributed by atoms with Crippen LogP contribution >= 0.6 is 0 Å². The highest BCUT2D eigenvalue weighted by Crippen LogP contribution is 2.43. The van der Waals surface area contributed by atoms with Crippen molar-refractivity contribution in [1.29, 1.82) is 0 Å². The number of hydrogen-bond donors (Lipinski definition) is 1. The second kappa shape index (κ2) is 1.99. The zero-order valence-electron chi connectivity index (χ0n) is 7.27. The second-order valence-electron chi connectivity index (χ2n) is 4.25. The van der Waals surface area contributed by atoms with E-state index in [1.165, 1.54) is 0 Å². The highest BCUT2D eigenvalue weighted by molar-refractivity contribution is 6.49. The topological polar surface area (TPSA) is 35.2 Å². The first-order valence-corrected chi connectivity index (χ1v) is 3.78. The van der Waals surface area contributed by atoms with Crippen molar-refractivity contribution in [2.24, 2.45) is 11.1 Å². The van der Waals surface area contributed by atoms with E-state index < -0.39 is 0 Å². The van der Waals surface area contributed by atoms with Crippen molar-refractivity contribution in [2.75, 3.05) is 0 Å². The lowest BCUT2D eigenvalue weighted by atomic mass is 9.67. The van der Waals surface area contributed by atoms with Gasteiger partial charge in [0.2, 0.25) is 0 Å². The summed E-state index contributed by atoms with van der Waals surface area (Å²) in [5.41, 5.74) is 5.82. The Morgan fingerprint density at radius 3 is 1.90 bits per heavy atom. The molecule has 1 saturated heterocycles. The fourth-order valence-corrected chi connectivity index (χ4v) is 1.33. The molecule has 0 unspecified atom stereocenters. The van der Waals surface area contributed by atoms with Gasteiger partial charge in [-0.15, -0.1) is 0 Å². The third kappa shape index (κ3) is 1.08. The molecular weight excluding hydrogens is 125 g/mol. The van der Waals surface area contributed by atoms with Crippen LogP contribution in [-0.4, -0.2) is 12.7 Å². The lowest BCUT2D eigenvalue weighted by molar-refractivity contribution is 0.0362. The molecule has 0 aromatic carbocycles. The Hall–Kier alpha value is -0.0151. The lowest BCUT2D eigenvalue weighted by Gasteiger charge is -2.33. The molecule has 0 aliphatic carbocycles. The van der Waals surface area contributed by atoms with Crippen molar-refractivity contribution in [3.05, 3.63) is 0 Å². The van der Waals surface area contributed by atoms with Crippen LogP contribution in [-0.2, 0) is 4.65 Å². The molecule has 0 bridgehead atoms. The smallest absolute Gasteiger partial charge is 0.377 e. The summed E-state index contributed by atoms with van der Waals surface area (Å²) in [5.74, 6) is 0. The standard InChI is InChI=1S/C7H16BNO/c1-6(2)5-8(9)10-7(6,3)4/h5,9H2,1-4H3. The van der Waals surface area contributed by atoms with Crippen molar-refractivity contribution in [1.82, 2.24) is 0 Å². The number of nitrogens with two attached hydrogens (primary N) is 1. The van der Waals surface area contributed by atoms with E-state index in [0.717, 1.165) is 6.32 Å². The normalized spacial score (nSPS) is 29.1. The van der Waals surface area contributed by atoms with Gasteiger partial charge in [0, 0.05) is 0 Å². The van der Waals surface area contributed by atoms with Crippen LogP contribution in [0.5, 0.6) is 0 Å². The maximum Gasteiger partial charge on any atom is 0.377 e. The zero-order chi connectivity index (χ0) is 7.99. The highest BCUT2D eigenvalue weighted by atomic mass is 16.5. The van der Waals surface area contributed by atoms with Gasteiger partial charge in [-0.05, 0) is 25.6 Å². The number of rotatable bonds is 0. The lowest BCUT2D eigenvalue weighted by Crippen LogP contribution is -2.35. The molecule has 0 saturated carbocycles. The zero-order valence-corrected chi connectivity index (χ0v) is 7.27. The van der Waals surface area contributed by atoms with E-state index in [1.807, 2.05) is 0 Å². The van der Waals surface area contributed by atoms with E-state index in [-0.39, 0.29) is 18.1 Å². The molecule has 0 amide bonds. The van der Waals surface area contributed by atoms with Gasteiger partial charge in [-0.3, -0.25) is 0 Å². The molecule has 1 aliphatic rings. The Balaban J connectivity index is 2.78. The van der Waals surface area contributed by atoms with Gasteiger partial charge in [-0.2, -0.15) is 0 Å². The van der Waals surface area contributed by atoms with E-state index in [2.05, 4.69) is 27.7 Å². The Kier molecular flexibility index (Phi) is 1.61. The molecule has 1 aliphatic heterocycles. The van der Waals surface area contributed by atoms with Crippen molar-refractivity contribution >= 4 is 7.05 Å². The van der Waals surface area contributed by atoms with Gasteiger partial charge in [0.25, 0.3) is 0 Å². The van der Waals surface area contributed by atoms with Gasteiger partial charge in [0.05, 0.1) is 5.60 Å². The predicted octanol–water partition coefficient (Wildman–Crippen LogP) is 1.27. The number of hydrogen-bond acceptors (Lipinski definition) is 2. The summed E-state index contributed by atoms with van der Waals surface area (Å²) in [5, 5.41) is 0. The first-order chi connectivity index (χ1) is 4.35. The molecule has 0 spiro atoms. The monoisotopic (exact) mass is 141 g/mol. The summed E-state index contributed by atoms with van der Waals surface area (Å²) in [6.07, 6.45) is 0.958. The third-order valence-electron chi connectivity index (χ3n) is 2.79. The Morgan fingerprint density at radius 2 is 1.80 bits per heavy atom. The molecule has 1 rings (SSSR count). The molecule has 2 nitrogen and oxygen atoms in total. The fraction of sp³-hybridized carbons (Fsp3) is 1.00. The van der Waals surface area contributed by atoms with Crippen molar-refractivity contribution < 1.29 is 4.65 Å². The molecule has 2 N–H and O–H groups in total. The summed E-state index contributed by atoms with van der Waals surface area (Å²) >= 11 is 0. The molecular formula is C7H16BNO. The summed E-state index contributed by atoms with van der Waals surface area (Å²) in [7, 11) is -0.0648. The average Bonchev–Trinajstić information content (AvgIpc) is 1.73. The van der Waals surface area contributed by atoms with Crippen LogP contribution in [0, 0.1) is 5.41 Å². The summed E-state index contributed by atoms with van der Waals surface area (Å²) in [6, 6.07) is 0. The SMILES string of the molecule is CC1(C)CB(N)OC1(C)C. The van der Waals surface area contributed by atoms with E-state index in [4.69, 9.17) is 10.3 Å².